The van der Waals surface area contributed by atoms with Crippen LogP contribution in [0.4, 0.5) is 0 Å². The van der Waals surface area contributed by atoms with E-state index in [-0.39, 0.29) is 29.8 Å². The first-order valence-electron chi connectivity index (χ1n) is 9.46. The Morgan fingerprint density at radius 3 is 2.63 bits per heavy atom. The Morgan fingerprint density at radius 1 is 1.19 bits per heavy atom. The van der Waals surface area contributed by atoms with E-state index in [4.69, 9.17) is 0 Å². The van der Waals surface area contributed by atoms with Crippen molar-refractivity contribution in [1.29, 1.82) is 0 Å². The third-order valence-corrected chi connectivity index (χ3v) is 6.01. The maximum Gasteiger partial charge on any atom is 0.326 e. The van der Waals surface area contributed by atoms with Crippen molar-refractivity contribution in [2.45, 2.75) is 50.6 Å². The lowest BCUT2D eigenvalue weighted by Crippen LogP contribution is -2.47. The molecule has 1 N–H and O–H groups in total. The monoisotopic (exact) mass is 369 g/mol. The van der Waals surface area contributed by atoms with Crippen LogP contribution in [-0.2, 0) is 23.1 Å². The number of aliphatic carboxylic acids is 1. The zero-order valence-corrected chi connectivity index (χ0v) is 15.3. The van der Waals surface area contributed by atoms with E-state index in [1.807, 2.05) is 6.07 Å². The number of carbonyl (C=O) groups excluding carboxylic acids is 1. The van der Waals surface area contributed by atoms with Gasteiger partial charge in [-0.1, -0.05) is 31.0 Å². The van der Waals surface area contributed by atoms with Gasteiger partial charge in [0.2, 0.25) is 5.91 Å². The number of rotatable bonds is 3. The number of likely N-dealkylation sites (tertiary alicyclic amines) is 1. The summed E-state index contributed by atoms with van der Waals surface area (Å²) in [6.45, 7) is 0. The van der Waals surface area contributed by atoms with Crippen molar-refractivity contribution in [2.75, 3.05) is 0 Å². The Labute approximate surface area is 156 Å². The average Bonchev–Trinajstić information content (AvgIpc) is 3.06. The highest BCUT2D eigenvalue weighted by Gasteiger charge is 2.47. The SMILES string of the molecule is Cn1nc(CC(=O)N2C(C(=O)O)CC3CCCCC32)c2ccccc2c1=O. The van der Waals surface area contributed by atoms with Crippen molar-refractivity contribution in [3.8, 4) is 0 Å². The second kappa shape index (κ2) is 6.79. The molecule has 7 heteroatoms. The Bertz CT molecular complexity index is 967. The fraction of sp³-hybridized carbons (Fsp3) is 0.500. The Balaban J connectivity index is 1.69. The van der Waals surface area contributed by atoms with Crippen LogP contribution >= 0.6 is 0 Å². The highest BCUT2D eigenvalue weighted by molar-refractivity contribution is 5.90. The number of hydrogen-bond donors (Lipinski definition) is 1. The van der Waals surface area contributed by atoms with Crippen molar-refractivity contribution in [3.05, 3.63) is 40.3 Å². The van der Waals surface area contributed by atoms with Gasteiger partial charge in [-0.15, -0.1) is 0 Å². The van der Waals surface area contributed by atoms with E-state index in [0.717, 1.165) is 25.7 Å². The summed E-state index contributed by atoms with van der Waals surface area (Å²) in [4.78, 5) is 38.8. The van der Waals surface area contributed by atoms with Crippen molar-refractivity contribution in [1.82, 2.24) is 14.7 Å². The fourth-order valence-electron chi connectivity index (χ4n) is 4.78. The number of amides is 1. The van der Waals surface area contributed by atoms with Gasteiger partial charge in [-0.25, -0.2) is 9.48 Å². The van der Waals surface area contributed by atoms with Crippen LogP contribution in [0.5, 0.6) is 0 Å². The lowest BCUT2D eigenvalue weighted by Gasteiger charge is -2.33. The van der Waals surface area contributed by atoms with E-state index in [2.05, 4.69) is 5.10 Å². The maximum absolute atomic E-state index is 13.2. The van der Waals surface area contributed by atoms with Crippen LogP contribution in [0.3, 0.4) is 0 Å². The zero-order valence-electron chi connectivity index (χ0n) is 15.3. The number of hydrogen-bond acceptors (Lipinski definition) is 4. The molecule has 4 rings (SSSR count). The first-order chi connectivity index (χ1) is 13.0. The Morgan fingerprint density at radius 2 is 1.89 bits per heavy atom. The topological polar surface area (TPSA) is 92.5 Å². The van der Waals surface area contributed by atoms with Crippen LogP contribution in [-0.4, -0.2) is 43.7 Å². The molecule has 1 aliphatic heterocycles. The van der Waals surface area contributed by atoms with Crippen LogP contribution in [0.15, 0.2) is 29.1 Å². The highest BCUT2D eigenvalue weighted by atomic mass is 16.4. The summed E-state index contributed by atoms with van der Waals surface area (Å²) < 4.78 is 1.24. The van der Waals surface area contributed by atoms with Gasteiger partial charge in [0.05, 0.1) is 17.5 Å². The van der Waals surface area contributed by atoms with E-state index >= 15 is 0 Å². The molecule has 2 heterocycles. The van der Waals surface area contributed by atoms with Crippen LogP contribution in [0, 0.1) is 5.92 Å². The smallest absolute Gasteiger partial charge is 0.326 e. The summed E-state index contributed by atoms with van der Waals surface area (Å²) in [7, 11) is 1.57. The quantitative estimate of drug-likeness (QED) is 0.889. The molecule has 3 atom stereocenters. The van der Waals surface area contributed by atoms with E-state index in [1.165, 1.54) is 4.68 Å². The second-order valence-corrected chi connectivity index (χ2v) is 7.60. The Hall–Kier alpha value is -2.70. The number of fused-ring (bicyclic) bond motifs is 2. The summed E-state index contributed by atoms with van der Waals surface area (Å²) >= 11 is 0. The molecule has 2 aliphatic rings. The molecule has 2 aromatic rings. The molecule has 0 spiro atoms. The predicted octanol–water partition coefficient (Wildman–Crippen LogP) is 1.72. The number of carbonyl (C=O) groups is 2. The number of benzene rings is 1. The standard InChI is InChI=1S/C20H23N3O4/c1-22-19(25)14-8-4-3-7-13(14)15(21-22)11-18(24)23-16-9-5-2-6-12(16)10-17(23)20(26)27/h3-4,7-8,12,16-17H,2,5-6,9-11H2,1H3,(H,26,27). The van der Waals surface area contributed by atoms with Gasteiger partial charge in [-0.2, -0.15) is 5.10 Å². The molecule has 7 nitrogen and oxygen atoms in total. The van der Waals surface area contributed by atoms with Crippen molar-refractivity contribution in [3.63, 3.8) is 0 Å². The molecule has 1 saturated heterocycles. The number of aryl methyl sites for hydroxylation is 1. The predicted molar refractivity (Wildman–Crippen MR) is 99.3 cm³/mol. The van der Waals surface area contributed by atoms with Gasteiger partial charge in [-0.05, 0) is 31.2 Å². The molecule has 2 fully saturated rings. The van der Waals surface area contributed by atoms with Gasteiger partial charge >= 0.3 is 5.97 Å². The molecule has 3 unspecified atom stereocenters. The maximum atomic E-state index is 13.2. The fourth-order valence-corrected chi connectivity index (χ4v) is 4.78. The van der Waals surface area contributed by atoms with E-state index < -0.39 is 12.0 Å². The number of aromatic nitrogens is 2. The summed E-state index contributed by atoms with van der Waals surface area (Å²) in [6.07, 6.45) is 4.51. The van der Waals surface area contributed by atoms with Gasteiger partial charge < -0.3 is 10.0 Å². The van der Waals surface area contributed by atoms with Crippen molar-refractivity contribution < 1.29 is 14.7 Å². The summed E-state index contributed by atoms with van der Waals surface area (Å²) in [5.74, 6) is -0.877. The third kappa shape index (κ3) is 3.01. The van der Waals surface area contributed by atoms with Crippen LogP contribution < -0.4 is 5.56 Å². The minimum atomic E-state index is -0.934. The molecule has 0 radical (unpaired) electrons. The van der Waals surface area contributed by atoms with Crippen molar-refractivity contribution in [2.24, 2.45) is 13.0 Å². The number of carboxylic acid groups (broad SMARTS) is 1. The van der Waals surface area contributed by atoms with E-state index in [0.29, 0.717) is 22.9 Å². The molecule has 142 valence electrons. The van der Waals surface area contributed by atoms with E-state index in [1.54, 1.807) is 30.1 Å². The van der Waals surface area contributed by atoms with E-state index in [9.17, 15) is 19.5 Å². The molecule has 1 aromatic carbocycles. The van der Waals surface area contributed by atoms with Crippen LogP contribution in [0.2, 0.25) is 0 Å². The zero-order chi connectivity index (χ0) is 19.1. The van der Waals surface area contributed by atoms with Gasteiger partial charge in [0.15, 0.2) is 0 Å². The first kappa shape index (κ1) is 17.7. The van der Waals surface area contributed by atoms with Gasteiger partial charge in [0.25, 0.3) is 5.56 Å². The molecular weight excluding hydrogens is 346 g/mol. The molecule has 1 aliphatic carbocycles. The Kier molecular flexibility index (Phi) is 4.45. The van der Waals surface area contributed by atoms with Crippen molar-refractivity contribution >= 4 is 22.6 Å². The first-order valence-corrected chi connectivity index (χ1v) is 9.46. The molecule has 0 bridgehead atoms. The molecule has 1 saturated carbocycles. The van der Waals surface area contributed by atoms with Gasteiger partial charge in [-0.3, -0.25) is 9.59 Å². The van der Waals surface area contributed by atoms with Gasteiger partial charge in [0, 0.05) is 18.5 Å². The summed E-state index contributed by atoms with van der Waals surface area (Å²) in [6, 6.07) is 6.35. The normalized spacial score (nSPS) is 24.8. The molecule has 1 aromatic heterocycles. The second-order valence-electron chi connectivity index (χ2n) is 7.60. The van der Waals surface area contributed by atoms with Crippen LogP contribution in [0.25, 0.3) is 10.8 Å². The molecule has 1 amide bonds. The lowest BCUT2D eigenvalue weighted by atomic mass is 9.84. The average molecular weight is 369 g/mol. The largest absolute Gasteiger partial charge is 0.480 e. The van der Waals surface area contributed by atoms with Crippen LogP contribution in [0.1, 0.15) is 37.8 Å². The summed E-state index contributed by atoms with van der Waals surface area (Å²) in [5, 5.41) is 15.1. The summed E-state index contributed by atoms with van der Waals surface area (Å²) in [5.41, 5.74) is 0.305. The third-order valence-electron chi connectivity index (χ3n) is 6.01. The molecular formula is C20H23N3O4. The highest BCUT2D eigenvalue weighted by Crippen LogP contribution is 2.40. The minimum Gasteiger partial charge on any atom is -0.480 e. The molecule has 27 heavy (non-hydrogen) atoms. The number of nitrogens with zero attached hydrogens (tertiary/aromatic N) is 3. The number of carboxylic acids is 1. The lowest BCUT2D eigenvalue weighted by molar-refractivity contribution is -0.149. The van der Waals surface area contributed by atoms with Gasteiger partial charge in [0.1, 0.15) is 6.04 Å². The minimum absolute atomic E-state index is 0.00162.